The van der Waals surface area contributed by atoms with Gasteiger partial charge >= 0.3 is 0 Å². The summed E-state index contributed by atoms with van der Waals surface area (Å²) >= 11 is 0. The van der Waals surface area contributed by atoms with Crippen LogP contribution in [0.15, 0.2) is 30.3 Å². The van der Waals surface area contributed by atoms with Crippen LogP contribution in [-0.4, -0.2) is 42.5 Å². The van der Waals surface area contributed by atoms with Gasteiger partial charge in [-0.3, -0.25) is 4.90 Å². The second-order valence-electron chi connectivity index (χ2n) is 4.76. The predicted octanol–water partition coefficient (Wildman–Crippen LogP) is 2.21. The minimum Gasteiger partial charge on any atom is -0.301 e. The van der Waals surface area contributed by atoms with Crippen molar-refractivity contribution in [1.29, 1.82) is 0 Å². The summed E-state index contributed by atoms with van der Waals surface area (Å²) < 4.78 is 0. The Morgan fingerprint density at radius 2 is 1.94 bits per heavy atom. The summed E-state index contributed by atoms with van der Waals surface area (Å²) in [4.78, 5) is 5.06. The van der Waals surface area contributed by atoms with Crippen LogP contribution in [-0.2, 0) is 6.54 Å². The minimum atomic E-state index is 0.734. The van der Waals surface area contributed by atoms with E-state index < -0.39 is 0 Å². The predicted molar refractivity (Wildman–Crippen MR) is 68.4 cm³/mol. The first-order valence-corrected chi connectivity index (χ1v) is 6.26. The summed E-state index contributed by atoms with van der Waals surface area (Å²) in [5.41, 5.74) is 1.43. The molecule has 0 amide bonds. The molecule has 0 unspecified atom stereocenters. The van der Waals surface area contributed by atoms with E-state index in [-0.39, 0.29) is 0 Å². The lowest BCUT2D eigenvalue weighted by atomic mass is 10.1. The van der Waals surface area contributed by atoms with Gasteiger partial charge < -0.3 is 4.90 Å². The zero-order chi connectivity index (χ0) is 11.4. The fourth-order valence-corrected chi connectivity index (χ4v) is 2.44. The molecule has 1 aromatic carbocycles. The Morgan fingerprint density at radius 3 is 2.62 bits per heavy atom. The van der Waals surface area contributed by atoms with Gasteiger partial charge in [-0.1, -0.05) is 37.3 Å². The Kier molecular flexibility index (Phi) is 3.97. The number of hydrogen-bond donors (Lipinski definition) is 0. The van der Waals surface area contributed by atoms with Crippen LogP contribution in [0.4, 0.5) is 0 Å². The quantitative estimate of drug-likeness (QED) is 0.767. The first kappa shape index (κ1) is 11.6. The maximum absolute atomic E-state index is 2.57. The maximum atomic E-state index is 2.57. The summed E-state index contributed by atoms with van der Waals surface area (Å²) in [5.74, 6) is 0. The Bertz CT molecular complexity index is 310. The molecule has 0 radical (unpaired) electrons. The van der Waals surface area contributed by atoms with Crippen LogP contribution in [0.25, 0.3) is 0 Å². The fourth-order valence-electron chi connectivity index (χ4n) is 2.44. The van der Waals surface area contributed by atoms with Crippen LogP contribution in [0.5, 0.6) is 0 Å². The summed E-state index contributed by atoms with van der Waals surface area (Å²) in [7, 11) is 2.24. The lowest BCUT2D eigenvalue weighted by Crippen LogP contribution is -2.50. The Hall–Kier alpha value is -0.860. The van der Waals surface area contributed by atoms with E-state index in [2.05, 4.69) is 54.1 Å². The monoisotopic (exact) mass is 218 g/mol. The van der Waals surface area contributed by atoms with E-state index >= 15 is 0 Å². The lowest BCUT2D eigenvalue weighted by molar-refractivity contribution is 0.0884. The van der Waals surface area contributed by atoms with Crippen LogP contribution in [0, 0.1) is 0 Å². The van der Waals surface area contributed by atoms with Crippen molar-refractivity contribution in [3.8, 4) is 0 Å². The largest absolute Gasteiger partial charge is 0.301 e. The van der Waals surface area contributed by atoms with Gasteiger partial charge in [0.05, 0.1) is 0 Å². The molecule has 2 heteroatoms. The highest BCUT2D eigenvalue weighted by Crippen LogP contribution is 2.13. The molecule has 1 aliphatic rings. The summed E-state index contributed by atoms with van der Waals surface area (Å²) in [6.07, 6.45) is 1.25. The topological polar surface area (TPSA) is 6.48 Å². The van der Waals surface area contributed by atoms with Crippen molar-refractivity contribution in [1.82, 2.24) is 9.80 Å². The second-order valence-corrected chi connectivity index (χ2v) is 4.76. The third-order valence-electron chi connectivity index (χ3n) is 3.58. The first-order valence-electron chi connectivity index (χ1n) is 6.26. The molecule has 0 saturated carbocycles. The van der Waals surface area contributed by atoms with Gasteiger partial charge in [-0.15, -0.1) is 0 Å². The Morgan fingerprint density at radius 1 is 1.19 bits per heavy atom. The molecule has 1 atom stereocenters. The first-order chi connectivity index (χ1) is 7.79. The molecule has 1 heterocycles. The Labute approximate surface area is 98.9 Å². The third kappa shape index (κ3) is 2.83. The van der Waals surface area contributed by atoms with Crippen molar-refractivity contribution in [2.24, 2.45) is 0 Å². The van der Waals surface area contributed by atoms with E-state index in [1.54, 1.807) is 0 Å². The van der Waals surface area contributed by atoms with Gasteiger partial charge in [0, 0.05) is 32.2 Å². The van der Waals surface area contributed by atoms with Gasteiger partial charge in [0.2, 0.25) is 0 Å². The maximum Gasteiger partial charge on any atom is 0.0234 e. The number of hydrogen-bond acceptors (Lipinski definition) is 2. The van der Waals surface area contributed by atoms with Crippen LogP contribution < -0.4 is 0 Å². The number of benzene rings is 1. The summed E-state index contributed by atoms with van der Waals surface area (Å²) in [6.45, 7) is 6.99. The lowest BCUT2D eigenvalue weighted by Gasteiger charge is -2.39. The fraction of sp³-hybridized carbons (Fsp3) is 0.571. The SMILES string of the molecule is CC[C@H]1CN(Cc2ccccc2)CCN1C. The van der Waals surface area contributed by atoms with Gasteiger partial charge in [-0.25, -0.2) is 0 Å². The number of nitrogens with zero attached hydrogens (tertiary/aromatic N) is 2. The van der Waals surface area contributed by atoms with Gasteiger partial charge in [-0.05, 0) is 19.0 Å². The van der Waals surface area contributed by atoms with Crippen molar-refractivity contribution in [3.63, 3.8) is 0 Å². The van der Waals surface area contributed by atoms with Gasteiger partial charge in [-0.2, -0.15) is 0 Å². The van der Waals surface area contributed by atoms with Crippen LogP contribution >= 0.6 is 0 Å². The van der Waals surface area contributed by atoms with E-state index in [1.807, 2.05) is 0 Å². The van der Waals surface area contributed by atoms with Crippen molar-refractivity contribution in [3.05, 3.63) is 35.9 Å². The van der Waals surface area contributed by atoms with E-state index in [0.717, 1.165) is 12.6 Å². The molecule has 1 aromatic rings. The average molecular weight is 218 g/mol. The van der Waals surface area contributed by atoms with Gasteiger partial charge in [0.25, 0.3) is 0 Å². The minimum absolute atomic E-state index is 0.734. The highest BCUT2D eigenvalue weighted by molar-refractivity contribution is 5.14. The van der Waals surface area contributed by atoms with Crippen molar-refractivity contribution < 1.29 is 0 Å². The van der Waals surface area contributed by atoms with Gasteiger partial charge in [0.1, 0.15) is 0 Å². The molecule has 16 heavy (non-hydrogen) atoms. The van der Waals surface area contributed by atoms with E-state index in [4.69, 9.17) is 0 Å². The van der Waals surface area contributed by atoms with Crippen molar-refractivity contribution >= 4 is 0 Å². The summed E-state index contributed by atoms with van der Waals surface area (Å²) in [6, 6.07) is 11.5. The molecule has 0 aromatic heterocycles. The number of likely N-dealkylation sites (N-methyl/N-ethyl adjacent to an activating group) is 1. The molecule has 0 aliphatic carbocycles. The molecule has 1 aliphatic heterocycles. The van der Waals surface area contributed by atoms with Crippen LogP contribution in [0.3, 0.4) is 0 Å². The number of piperazine rings is 1. The Balaban J connectivity index is 1.92. The highest BCUT2D eigenvalue weighted by Gasteiger charge is 2.22. The normalized spacial score (nSPS) is 23.5. The van der Waals surface area contributed by atoms with E-state index in [9.17, 15) is 0 Å². The highest BCUT2D eigenvalue weighted by atomic mass is 15.3. The average Bonchev–Trinajstić information content (AvgIpc) is 2.33. The molecule has 1 saturated heterocycles. The van der Waals surface area contributed by atoms with Crippen molar-refractivity contribution in [2.45, 2.75) is 25.9 Å². The number of rotatable bonds is 3. The van der Waals surface area contributed by atoms with Crippen molar-refractivity contribution in [2.75, 3.05) is 26.7 Å². The molecule has 0 spiro atoms. The van der Waals surface area contributed by atoms with E-state index in [0.29, 0.717) is 0 Å². The van der Waals surface area contributed by atoms with E-state index in [1.165, 1.54) is 31.6 Å². The van der Waals surface area contributed by atoms with Crippen LogP contribution in [0.1, 0.15) is 18.9 Å². The molecule has 0 bridgehead atoms. The third-order valence-corrected chi connectivity index (χ3v) is 3.58. The molecule has 1 fully saturated rings. The second kappa shape index (κ2) is 5.46. The van der Waals surface area contributed by atoms with Crippen LogP contribution in [0.2, 0.25) is 0 Å². The molecule has 88 valence electrons. The van der Waals surface area contributed by atoms with Gasteiger partial charge in [0.15, 0.2) is 0 Å². The molecule has 0 N–H and O–H groups in total. The standard InChI is InChI=1S/C14H22N2/c1-3-14-12-16(10-9-15(14)2)11-13-7-5-4-6-8-13/h4-8,14H,3,9-12H2,1-2H3/t14-/m0/s1. The smallest absolute Gasteiger partial charge is 0.0234 e. The molecular formula is C14H22N2. The summed E-state index contributed by atoms with van der Waals surface area (Å²) in [5, 5.41) is 0. The molecule has 2 rings (SSSR count). The zero-order valence-corrected chi connectivity index (χ0v) is 10.4. The molecular weight excluding hydrogens is 196 g/mol. The molecule has 2 nitrogen and oxygen atoms in total. The zero-order valence-electron chi connectivity index (χ0n) is 10.4.